The van der Waals surface area contributed by atoms with Crippen molar-refractivity contribution in [3.63, 3.8) is 0 Å². The summed E-state index contributed by atoms with van der Waals surface area (Å²) in [7, 11) is 0. The van der Waals surface area contributed by atoms with Crippen molar-refractivity contribution in [3.05, 3.63) is 0 Å². The summed E-state index contributed by atoms with van der Waals surface area (Å²) in [5.41, 5.74) is 5.69. The predicted octanol–water partition coefficient (Wildman–Crippen LogP) is -2.12. The number of carboxylic acid groups (broad SMARTS) is 2. The normalized spacial score (nSPS) is 15.8. The van der Waals surface area contributed by atoms with Gasteiger partial charge in [0.25, 0.3) is 0 Å². The second kappa shape index (κ2) is 9.74. The fraction of sp³-hybridized carbons (Fsp3) is 0.692. The number of nitrogens with two attached hydrogens (primary N) is 1. The molecule has 0 saturated carbocycles. The van der Waals surface area contributed by atoms with Crippen LogP contribution in [-0.4, -0.2) is 63.8 Å². The Hall–Kier alpha value is -2.20. The van der Waals surface area contributed by atoms with Crippen LogP contribution in [0.1, 0.15) is 26.7 Å². The number of nitrogens with one attached hydrogen (secondary N) is 2. The van der Waals surface area contributed by atoms with Crippen LogP contribution in [0, 0.1) is 5.92 Å². The third-order valence-corrected chi connectivity index (χ3v) is 3.37. The summed E-state index contributed by atoms with van der Waals surface area (Å²) >= 11 is 0. The molecule has 0 aliphatic rings. The van der Waals surface area contributed by atoms with Gasteiger partial charge in [-0.2, -0.15) is 0 Å². The quantitative estimate of drug-likeness (QED) is 0.262. The number of hydrogen-bond donors (Lipinski definition) is 6. The van der Waals surface area contributed by atoms with Crippen molar-refractivity contribution in [1.82, 2.24) is 10.6 Å². The number of carbonyl (C=O) groups is 4. The molecule has 0 rings (SSSR count). The molecule has 0 aliphatic carbocycles. The van der Waals surface area contributed by atoms with E-state index in [0.29, 0.717) is 6.42 Å². The first-order valence-electron chi connectivity index (χ1n) is 7.05. The number of carbonyl (C=O) groups excluding carboxylic acids is 2. The summed E-state index contributed by atoms with van der Waals surface area (Å²) in [6.45, 7) is 2.78. The van der Waals surface area contributed by atoms with Crippen molar-refractivity contribution >= 4 is 23.8 Å². The molecule has 0 spiro atoms. The second-order valence-corrected chi connectivity index (χ2v) is 5.15. The molecule has 0 aromatic carbocycles. The Kier molecular flexibility index (Phi) is 8.81. The molecule has 0 aliphatic heterocycles. The van der Waals surface area contributed by atoms with Crippen LogP contribution in [0.25, 0.3) is 0 Å². The van der Waals surface area contributed by atoms with Gasteiger partial charge in [-0.15, -0.1) is 0 Å². The highest BCUT2D eigenvalue weighted by molar-refractivity contribution is 5.92. The lowest BCUT2D eigenvalue weighted by Gasteiger charge is -2.23. The first-order valence-corrected chi connectivity index (χ1v) is 7.05. The molecule has 7 N–H and O–H groups in total. The van der Waals surface area contributed by atoms with Crippen molar-refractivity contribution in [1.29, 1.82) is 0 Å². The zero-order valence-corrected chi connectivity index (χ0v) is 13.0. The van der Waals surface area contributed by atoms with E-state index in [-0.39, 0.29) is 5.92 Å². The number of rotatable bonds is 10. The average molecular weight is 333 g/mol. The molecule has 0 aromatic rings. The van der Waals surface area contributed by atoms with E-state index in [9.17, 15) is 24.3 Å². The van der Waals surface area contributed by atoms with E-state index < -0.39 is 54.9 Å². The maximum absolute atomic E-state index is 11.9. The fourth-order valence-electron chi connectivity index (χ4n) is 1.62. The highest BCUT2D eigenvalue weighted by Crippen LogP contribution is 2.05. The first kappa shape index (κ1) is 20.8. The van der Waals surface area contributed by atoms with Gasteiger partial charge in [-0.3, -0.25) is 14.4 Å². The van der Waals surface area contributed by atoms with Gasteiger partial charge in [-0.1, -0.05) is 20.3 Å². The summed E-state index contributed by atoms with van der Waals surface area (Å²) in [4.78, 5) is 45.2. The summed E-state index contributed by atoms with van der Waals surface area (Å²) in [6.07, 6.45) is -0.205. The Balaban J connectivity index is 4.82. The maximum atomic E-state index is 11.9. The van der Waals surface area contributed by atoms with E-state index >= 15 is 0 Å². The van der Waals surface area contributed by atoms with Crippen LogP contribution in [0.3, 0.4) is 0 Å². The van der Waals surface area contributed by atoms with Gasteiger partial charge in [-0.05, 0) is 5.92 Å². The Labute approximate surface area is 133 Å². The van der Waals surface area contributed by atoms with Gasteiger partial charge in [0.1, 0.15) is 12.1 Å². The zero-order chi connectivity index (χ0) is 18.2. The number of aliphatic hydroxyl groups is 1. The molecule has 2 amide bonds. The minimum Gasteiger partial charge on any atom is -0.481 e. The molecule has 23 heavy (non-hydrogen) atoms. The Morgan fingerprint density at radius 1 is 1.04 bits per heavy atom. The highest BCUT2D eigenvalue weighted by atomic mass is 16.4. The van der Waals surface area contributed by atoms with E-state index in [1.807, 2.05) is 12.2 Å². The number of hydrogen-bond acceptors (Lipinski definition) is 6. The van der Waals surface area contributed by atoms with Crippen LogP contribution < -0.4 is 16.4 Å². The molecule has 0 heterocycles. The molecule has 132 valence electrons. The van der Waals surface area contributed by atoms with Crippen molar-refractivity contribution in [3.8, 4) is 0 Å². The van der Waals surface area contributed by atoms with E-state index in [4.69, 9.17) is 15.9 Å². The van der Waals surface area contributed by atoms with E-state index in [1.165, 1.54) is 0 Å². The summed E-state index contributed by atoms with van der Waals surface area (Å²) in [6, 6.07) is -3.99. The largest absolute Gasteiger partial charge is 0.481 e. The lowest BCUT2D eigenvalue weighted by molar-refractivity contribution is -0.147. The minimum atomic E-state index is -1.67. The topological polar surface area (TPSA) is 179 Å². The first-order chi connectivity index (χ1) is 10.6. The van der Waals surface area contributed by atoms with Crippen molar-refractivity contribution in [2.75, 3.05) is 6.61 Å². The molecule has 10 nitrogen and oxygen atoms in total. The molecule has 0 radical (unpaired) electrons. The smallest absolute Gasteiger partial charge is 0.326 e. The Morgan fingerprint density at radius 2 is 1.57 bits per heavy atom. The minimum absolute atomic E-state index is 0.156. The van der Waals surface area contributed by atoms with Crippen LogP contribution in [0.4, 0.5) is 0 Å². The molecule has 0 saturated heterocycles. The third kappa shape index (κ3) is 7.06. The molecular formula is C13H23N3O7. The molecule has 0 unspecified atom stereocenters. The van der Waals surface area contributed by atoms with Gasteiger partial charge < -0.3 is 31.7 Å². The van der Waals surface area contributed by atoms with Crippen LogP contribution in [0.5, 0.6) is 0 Å². The maximum Gasteiger partial charge on any atom is 0.326 e. The van der Waals surface area contributed by atoms with Crippen LogP contribution >= 0.6 is 0 Å². The van der Waals surface area contributed by atoms with Crippen molar-refractivity contribution < 1.29 is 34.5 Å². The predicted molar refractivity (Wildman–Crippen MR) is 78.3 cm³/mol. The van der Waals surface area contributed by atoms with Gasteiger partial charge in [0.05, 0.1) is 19.1 Å². The monoisotopic (exact) mass is 333 g/mol. The lowest BCUT2D eigenvalue weighted by Crippen LogP contribution is -2.56. The van der Waals surface area contributed by atoms with E-state index in [2.05, 4.69) is 5.32 Å². The number of aliphatic hydroxyl groups excluding tert-OH is 1. The molecule has 10 heteroatoms. The Morgan fingerprint density at radius 3 is 1.96 bits per heavy atom. The number of amides is 2. The third-order valence-electron chi connectivity index (χ3n) is 3.37. The van der Waals surface area contributed by atoms with Crippen molar-refractivity contribution in [2.24, 2.45) is 11.7 Å². The van der Waals surface area contributed by atoms with Gasteiger partial charge >= 0.3 is 11.9 Å². The molecular weight excluding hydrogens is 310 g/mol. The fourth-order valence-corrected chi connectivity index (χ4v) is 1.62. The zero-order valence-electron chi connectivity index (χ0n) is 13.0. The van der Waals surface area contributed by atoms with Gasteiger partial charge in [0, 0.05) is 0 Å². The SMILES string of the molecule is CC[C@H](C)[C@H](N)C(=O)N[C@@H](CO)C(=O)N[C@@H](CC(=O)O)C(=O)O. The summed E-state index contributed by atoms with van der Waals surface area (Å²) < 4.78 is 0. The van der Waals surface area contributed by atoms with E-state index in [1.54, 1.807) is 6.92 Å². The number of aliphatic carboxylic acids is 2. The average Bonchev–Trinajstić information content (AvgIpc) is 2.49. The van der Waals surface area contributed by atoms with Crippen LogP contribution in [-0.2, 0) is 19.2 Å². The molecule has 0 aromatic heterocycles. The van der Waals surface area contributed by atoms with Gasteiger partial charge in [-0.25, -0.2) is 4.79 Å². The van der Waals surface area contributed by atoms with Crippen molar-refractivity contribution in [2.45, 2.75) is 44.8 Å². The van der Waals surface area contributed by atoms with E-state index in [0.717, 1.165) is 0 Å². The highest BCUT2D eigenvalue weighted by Gasteiger charge is 2.29. The summed E-state index contributed by atoms with van der Waals surface area (Å²) in [5, 5.41) is 30.8. The molecule has 4 atom stereocenters. The number of carboxylic acids is 2. The standard InChI is InChI=1S/C13H23N3O7/c1-3-6(2)10(14)12(21)16-8(5-17)11(20)15-7(13(22)23)4-9(18)19/h6-8,10,17H,3-5,14H2,1-2H3,(H,15,20)(H,16,21)(H,18,19)(H,22,23)/t6-,7-,8-,10-/m0/s1. The van der Waals surface area contributed by atoms with Crippen LogP contribution in [0.2, 0.25) is 0 Å². The Bertz CT molecular complexity index is 455. The van der Waals surface area contributed by atoms with Gasteiger partial charge in [0.2, 0.25) is 11.8 Å². The second-order valence-electron chi connectivity index (χ2n) is 5.15. The molecule has 0 fully saturated rings. The van der Waals surface area contributed by atoms with Gasteiger partial charge in [0.15, 0.2) is 0 Å². The van der Waals surface area contributed by atoms with Crippen LogP contribution in [0.15, 0.2) is 0 Å². The lowest BCUT2D eigenvalue weighted by atomic mass is 9.99. The molecule has 0 bridgehead atoms. The summed E-state index contributed by atoms with van der Waals surface area (Å²) in [5.74, 6) is -4.79.